The maximum Gasteiger partial charge on any atom is 0.159 e. The Bertz CT molecular complexity index is 534. The molecule has 0 aliphatic carbocycles. The molecule has 0 fully saturated rings. The van der Waals surface area contributed by atoms with Crippen LogP contribution in [-0.2, 0) is 18.3 Å². The Morgan fingerprint density at radius 1 is 1.65 bits per heavy atom. The Balaban J connectivity index is 2.05. The van der Waals surface area contributed by atoms with Gasteiger partial charge in [-0.25, -0.2) is 0 Å². The summed E-state index contributed by atoms with van der Waals surface area (Å²) in [6.45, 7) is 0. The van der Waals surface area contributed by atoms with Crippen LogP contribution in [0.4, 0.5) is 0 Å². The Morgan fingerprint density at radius 3 is 2.94 bits per heavy atom. The number of halogens is 1. The van der Waals surface area contributed by atoms with Crippen LogP contribution in [0.15, 0.2) is 24.5 Å². The number of nitrogens with zero attached hydrogens (tertiary/aromatic N) is 2. The number of hydrogen-bond donors (Lipinski definition) is 1. The highest BCUT2D eigenvalue weighted by Gasteiger charge is 2.18. The second-order valence-electron chi connectivity index (χ2n) is 3.77. The first kappa shape index (κ1) is 12.3. The molecule has 1 unspecified atom stereocenters. The van der Waals surface area contributed by atoms with E-state index in [4.69, 9.17) is 17.3 Å². The predicted octanol–water partition coefficient (Wildman–Crippen LogP) is 1.95. The number of thiophene rings is 1. The van der Waals surface area contributed by atoms with E-state index in [0.29, 0.717) is 10.8 Å². The highest BCUT2D eigenvalue weighted by atomic mass is 35.5. The minimum atomic E-state index is -0.621. The van der Waals surface area contributed by atoms with Crippen molar-refractivity contribution in [2.24, 2.45) is 12.8 Å². The van der Waals surface area contributed by atoms with Crippen LogP contribution in [0.5, 0.6) is 0 Å². The van der Waals surface area contributed by atoms with Crippen LogP contribution in [0, 0.1) is 0 Å². The Hall–Kier alpha value is -1.17. The highest BCUT2D eigenvalue weighted by Crippen LogP contribution is 2.23. The minimum absolute atomic E-state index is 0.0310. The van der Waals surface area contributed by atoms with E-state index < -0.39 is 6.04 Å². The van der Waals surface area contributed by atoms with Crippen molar-refractivity contribution in [2.75, 3.05) is 0 Å². The highest BCUT2D eigenvalue weighted by molar-refractivity contribution is 7.16. The molecule has 2 N–H and O–H groups in total. The molecule has 2 aromatic heterocycles. The van der Waals surface area contributed by atoms with Crippen LogP contribution < -0.4 is 5.73 Å². The minimum Gasteiger partial charge on any atom is -0.318 e. The average molecular weight is 270 g/mol. The van der Waals surface area contributed by atoms with Crippen LogP contribution in [0.2, 0.25) is 4.34 Å². The molecule has 90 valence electrons. The fraction of sp³-hybridized carbons (Fsp3) is 0.273. The fourth-order valence-corrected chi connectivity index (χ4v) is 2.61. The number of rotatable bonds is 4. The molecule has 2 rings (SSSR count). The van der Waals surface area contributed by atoms with Gasteiger partial charge in [0.05, 0.1) is 16.6 Å². The molecule has 2 aromatic rings. The molecule has 0 aromatic carbocycles. The molecule has 0 spiro atoms. The molecule has 4 nitrogen and oxygen atoms in total. The standard InChI is InChI=1S/C11H12ClN3OS/c1-15-6-7(5-14-15)11(13)9(16)4-8-2-3-10(12)17-8/h2-3,5-6,11H,4,13H2,1H3. The summed E-state index contributed by atoms with van der Waals surface area (Å²) in [4.78, 5) is 12.9. The smallest absolute Gasteiger partial charge is 0.159 e. The number of Topliss-reactive ketones (excluding diaryl/α,β-unsaturated/α-hetero) is 1. The summed E-state index contributed by atoms with van der Waals surface area (Å²) in [5.74, 6) is -0.0310. The van der Waals surface area contributed by atoms with E-state index in [1.54, 1.807) is 30.2 Å². The van der Waals surface area contributed by atoms with Gasteiger partial charge in [-0.15, -0.1) is 11.3 Å². The molecular weight excluding hydrogens is 258 g/mol. The SMILES string of the molecule is Cn1cc(C(N)C(=O)Cc2ccc(Cl)s2)cn1. The van der Waals surface area contributed by atoms with Gasteiger partial charge in [0.15, 0.2) is 5.78 Å². The monoisotopic (exact) mass is 269 g/mol. The van der Waals surface area contributed by atoms with Gasteiger partial charge in [0, 0.05) is 30.1 Å². The summed E-state index contributed by atoms with van der Waals surface area (Å²) >= 11 is 7.21. The fourth-order valence-electron chi connectivity index (χ4n) is 1.52. The van der Waals surface area contributed by atoms with Gasteiger partial charge in [0.1, 0.15) is 0 Å². The van der Waals surface area contributed by atoms with Crippen molar-refractivity contribution in [1.29, 1.82) is 0 Å². The van der Waals surface area contributed by atoms with E-state index in [1.807, 2.05) is 6.07 Å². The predicted molar refractivity (Wildman–Crippen MR) is 68.2 cm³/mol. The van der Waals surface area contributed by atoms with Crippen LogP contribution in [0.1, 0.15) is 16.5 Å². The molecule has 0 saturated heterocycles. The summed E-state index contributed by atoms with van der Waals surface area (Å²) in [5.41, 5.74) is 6.61. The molecule has 0 bridgehead atoms. The molecule has 0 saturated carbocycles. The van der Waals surface area contributed by atoms with E-state index in [9.17, 15) is 4.79 Å². The van der Waals surface area contributed by atoms with Gasteiger partial charge in [-0.1, -0.05) is 11.6 Å². The lowest BCUT2D eigenvalue weighted by atomic mass is 10.0. The molecule has 0 aliphatic heterocycles. The van der Waals surface area contributed by atoms with Gasteiger partial charge in [-0.2, -0.15) is 5.10 Å². The van der Waals surface area contributed by atoms with Gasteiger partial charge >= 0.3 is 0 Å². The van der Waals surface area contributed by atoms with E-state index in [0.717, 1.165) is 10.4 Å². The van der Waals surface area contributed by atoms with Crippen LogP contribution in [0.25, 0.3) is 0 Å². The number of carbonyl (C=O) groups is 1. The number of nitrogens with two attached hydrogens (primary N) is 1. The summed E-state index contributed by atoms with van der Waals surface area (Å²) in [5, 5.41) is 4.00. The lowest BCUT2D eigenvalue weighted by molar-refractivity contribution is -0.119. The third-order valence-corrected chi connectivity index (χ3v) is 3.64. The number of aromatic nitrogens is 2. The van der Waals surface area contributed by atoms with Gasteiger partial charge < -0.3 is 5.73 Å². The zero-order valence-corrected chi connectivity index (χ0v) is 10.8. The Labute approximate surface area is 108 Å². The Morgan fingerprint density at radius 2 is 2.41 bits per heavy atom. The second kappa shape index (κ2) is 5.00. The number of carbonyl (C=O) groups excluding carboxylic acids is 1. The molecule has 17 heavy (non-hydrogen) atoms. The summed E-state index contributed by atoms with van der Waals surface area (Å²) < 4.78 is 2.31. The Kier molecular flexibility index (Phi) is 3.61. The molecule has 0 amide bonds. The molecule has 0 radical (unpaired) electrons. The average Bonchev–Trinajstić information content (AvgIpc) is 2.87. The molecule has 2 heterocycles. The zero-order valence-electron chi connectivity index (χ0n) is 9.26. The number of aryl methyl sites for hydroxylation is 1. The molecule has 1 atom stereocenters. The third-order valence-electron chi connectivity index (χ3n) is 2.41. The number of ketones is 1. The van der Waals surface area contributed by atoms with Crippen molar-refractivity contribution < 1.29 is 4.79 Å². The van der Waals surface area contributed by atoms with Crippen molar-refractivity contribution in [1.82, 2.24) is 9.78 Å². The lowest BCUT2D eigenvalue weighted by Crippen LogP contribution is -2.22. The molecule has 6 heteroatoms. The first-order chi connectivity index (χ1) is 8.06. The van der Waals surface area contributed by atoms with Gasteiger partial charge in [0.2, 0.25) is 0 Å². The summed E-state index contributed by atoms with van der Waals surface area (Å²) in [6, 6.07) is 3.01. The molecule has 0 aliphatic rings. The van der Waals surface area contributed by atoms with Crippen molar-refractivity contribution >= 4 is 28.7 Å². The van der Waals surface area contributed by atoms with Crippen molar-refractivity contribution in [3.63, 3.8) is 0 Å². The van der Waals surface area contributed by atoms with Gasteiger partial charge in [0.25, 0.3) is 0 Å². The first-order valence-corrected chi connectivity index (χ1v) is 6.27. The van der Waals surface area contributed by atoms with Crippen LogP contribution >= 0.6 is 22.9 Å². The van der Waals surface area contributed by atoms with Crippen molar-refractivity contribution in [2.45, 2.75) is 12.5 Å². The number of hydrogen-bond acceptors (Lipinski definition) is 4. The first-order valence-electron chi connectivity index (χ1n) is 5.07. The third kappa shape index (κ3) is 2.94. The zero-order chi connectivity index (χ0) is 12.4. The van der Waals surface area contributed by atoms with E-state index in [1.165, 1.54) is 11.3 Å². The quantitative estimate of drug-likeness (QED) is 0.923. The van der Waals surface area contributed by atoms with Crippen LogP contribution in [-0.4, -0.2) is 15.6 Å². The van der Waals surface area contributed by atoms with Gasteiger partial charge in [-0.05, 0) is 12.1 Å². The van der Waals surface area contributed by atoms with Crippen molar-refractivity contribution in [3.05, 3.63) is 39.3 Å². The topological polar surface area (TPSA) is 60.9 Å². The summed E-state index contributed by atoms with van der Waals surface area (Å²) in [7, 11) is 1.79. The normalized spacial score (nSPS) is 12.6. The van der Waals surface area contributed by atoms with E-state index >= 15 is 0 Å². The molecular formula is C11H12ClN3OS. The maximum atomic E-state index is 11.9. The lowest BCUT2D eigenvalue weighted by Gasteiger charge is -2.06. The maximum absolute atomic E-state index is 11.9. The van der Waals surface area contributed by atoms with E-state index in [-0.39, 0.29) is 5.78 Å². The van der Waals surface area contributed by atoms with Crippen LogP contribution in [0.3, 0.4) is 0 Å². The van der Waals surface area contributed by atoms with Crippen molar-refractivity contribution in [3.8, 4) is 0 Å². The largest absolute Gasteiger partial charge is 0.318 e. The second-order valence-corrected chi connectivity index (χ2v) is 5.57. The summed E-state index contributed by atoms with van der Waals surface area (Å²) in [6.07, 6.45) is 3.68. The van der Waals surface area contributed by atoms with E-state index in [2.05, 4.69) is 5.10 Å². The van der Waals surface area contributed by atoms with Gasteiger partial charge in [-0.3, -0.25) is 9.48 Å².